The molecule has 12 aromatic rings. The second-order valence-electron chi connectivity index (χ2n) is 13.9. The van der Waals surface area contributed by atoms with Crippen LogP contribution in [0.1, 0.15) is 0 Å². The number of hydrogen-bond acceptors (Lipinski definition) is 6. The fourth-order valence-corrected chi connectivity index (χ4v) is 8.27. The van der Waals surface area contributed by atoms with Crippen LogP contribution in [0.3, 0.4) is 0 Å². The van der Waals surface area contributed by atoms with Gasteiger partial charge in [0.25, 0.3) is 0 Å². The highest BCUT2D eigenvalue weighted by Crippen LogP contribution is 2.43. The lowest BCUT2D eigenvalue weighted by atomic mass is 9.97. The Balaban J connectivity index is 1.14. The van der Waals surface area contributed by atoms with Crippen molar-refractivity contribution in [2.24, 2.45) is 0 Å². The second kappa shape index (κ2) is 11.5. The van der Waals surface area contributed by atoms with Crippen molar-refractivity contribution >= 4 is 76.5 Å². The van der Waals surface area contributed by atoms with Gasteiger partial charge in [-0.2, -0.15) is 0 Å². The van der Waals surface area contributed by atoms with Crippen molar-refractivity contribution in [3.8, 4) is 45.4 Å². The Labute approximate surface area is 312 Å². The summed E-state index contributed by atoms with van der Waals surface area (Å²) in [5.41, 5.74) is 10.2. The number of furan rings is 2. The average molecular weight is 706 g/mol. The molecular weight excluding hydrogens is 679 g/mol. The van der Waals surface area contributed by atoms with E-state index in [4.69, 9.17) is 28.2 Å². The normalized spacial score (nSPS) is 12.0. The van der Waals surface area contributed by atoms with Gasteiger partial charge in [0.1, 0.15) is 27.8 Å². The van der Waals surface area contributed by atoms with Crippen LogP contribution < -0.4 is 0 Å². The smallest absolute Gasteiger partial charge is 0.227 e. The number of rotatable bonds is 4. The number of benzene rings is 8. The minimum Gasteiger partial charge on any atom is -0.456 e. The number of aromatic nitrogens is 3. The molecule has 55 heavy (non-hydrogen) atoms. The lowest BCUT2D eigenvalue weighted by Gasteiger charge is -2.13. The van der Waals surface area contributed by atoms with Crippen LogP contribution in [0.4, 0.5) is 0 Å². The molecule has 256 valence electrons. The average Bonchev–Trinajstić information content (AvgIpc) is 3.97. The molecule has 0 spiro atoms. The maximum absolute atomic E-state index is 6.52. The minimum absolute atomic E-state index is 0.574. The van der Waals surface area contributed by atoms with E-state index < -0.39 is 0 Å². The maximum Gasteiger partial charge on any atom is 0.227 e. The summed E-state index contributed by atoms with van der Waals surface area (Å²) in [7, 11) is 0. The van der Waals surface area contributed by atoms with Crippen LogP contribution in [0.15, 0.2) is 177 Å². The van der Waals surface area contributed by atoms with Gasteiger partial charge in [-0.25, -0.2) is 15.0 Å². The summed E-state index contributed by atoms with van der Waals surface area (Å²) in [6.07, 6.45) is 0. The molecule has 0 saturated carbocycles. The van der Waals surface area contributed by atoms with Crippen molar-refractivity contribution in [2.75, 3.05) is 0 Å². The molecule has 0 amide bonds. The number of oxazole rings is 1. The molecule has 0 fully saturated rings. The van der Waals surface area contributed by atoms with Gasteiger partial charge in [-0.15, -0.1) is 0 Å². The van der Waals surface area contributed by atoms with E-state index in [1.807, 2.05) is 78.9 Å². The molecule has 4 aromatic heterocycles. The monoisotopic (exact) mass is 705 g/mol. The first kappa shape index (κ1) is 29.9. The third-order valence-electron chi connectivity index (χ3n) is 10.7. The van der Waals surface area contributed by atoms with Crippen LogP contribution in [0.5, 0.6) is 0 Å². The highest BCUT2D eigenvalue weighted by Gasteiger charge is 2.22. The largest absolute Gasteiger partial charge is 0.456 e. The maximum atomic E-state index is 6.52. The van der Waals surface area contributed by atoms with E-state index in [9.17, 15) is 0 Å². The first-order chi connectivity index (χ1) is 27.2. The molecule has 0 atom stereocenters. The molecule has 0 aliphatic rings. The SMILES string of the molecule is c1ccc(-c2nc3ccc4oc5ccc6c(-c7nc(-c8cccc9ccccc89)cc(-c8cccc9oc%10ccccc%10c89)n7)cccc6c5c4c3o2)cc1. The van der Waals surface area contributed by atoms with Crippen LogP contribution in [0, 0.1) is 0 Å². The summed E-state index contributed by atoms with van der Waals surface area (Å²) in [4.78, 5) is 15.6. The Hall–Kier alpha value is -7.57. The van der Waals surface area contributed by atoms with Gasteiger partial charge in [0, 0.05) is 38.4 Å². The third-order valence-corrected chi connectivity index (χ3v) is 10.7. The lowest BCUT2D eigenvalue weighted by molar-refractivity contribution is 0.622. The van der Waals surface area contributed by atoms with Crippen molar-refractivity contribution in [3.63, 3.8) is 0 Å². The fraction of sp³-hybridized carbons (Fsp3) is 0. The molecule has 0 N–H and O–H groups in total. The summed E-state index contributed by atoms with van der Waals surface area (Å²) < 4.78 is 19.3. The summed E-state index contributed by atoms with van der Waals surface area (Å²) in [5.74, 6) is 1.20. The molecule has 0 radical (unpaired) electrons. The van der Waals surface area contributed by atoms with Gasteiger partial charge in [-0.3, -0.25) is 0 Å². The Kier molecular flexibility index (Phi) is 6.24. The number of hydrogen-bond donors (Lipinski definition) is 0. The van der Waals surface area contributed by atoms with E-state index in [1.165, 1.54) is 0 Å². The lowest BCUT2D eigenvalue weighted by Crippen LogP contribution is -1.97. The van der Waals surface area contributed by atoms with Gasteiger partial charge in [-0.1, -0.05) is 109 Å². The van der Waals surface area contributed by atoms with E-state index in [-0.39, 0.29) is 0 Å². The van der Waals surface area contributed by atoms with Crippen molar-refractivity contribution in [2.45, 2.75) is 0 Å². The molecule has 0 aliphatic heterocycles. The van der Waals surface area contributed by atoms with Crippen LogP contribution >= 0.6 is 0 Å². The molecule has 8 aromatic carbocycles. The molecule has 6 nitrogen and oxygen atoms in total. The Morgan fingerprint density at radius 3 is 1.93 bits per heavy atom. The molecular formula is C49H27N3O3. The highest BCUT2D eigenvalue weighted by molar-refractivity contribution is 6.26. The number of para-hydroxylation sites is 1. The number of fused-ring (bicyclic) bond motifs is 11. The zero-order valence-electron chi connectivity index (χ0n) is 29.2. The van der Waals surface area contributed by atoms with Crippen LogP contribution in [-0.2, 0) is 0 Å². The van der Waals surface area contributed by atoms with Crippen LogP contribution in [0.2, 0.25) is 0 Å². The fourth-order valence-electron chi connectivity index (χ4n) is 8.27. The molecule has 0 aliphatic carbocycles. The van der Waals surface area contributed by atoms with Crippen molar-refractivity contribution in [1.82, 2.24) is 15.0 Å². The van der Waals surface area contributed by atoms with E-state index in [0.29, 0.717) is 17.3 Å². The van der Waals surface area contributed by atoms with E-state index in [1.54, 1.807) is 0 Å². The molecule has 4 heterocycles. The first-order valence-corrected chi connectivity index (χ1v) is 18.3. The molecule has 0 saturated heterocycles. The Bertz CT molecular complexity index is 3500. The van der Waals surface area contributed by atoms with Crippen LogP contribution in [0.25, 0.3) is 122 Å². The predicted molar refractivity (Wildman–Crippen MR) is 221 cm³/mol. The second-order valence-corrected chi connectivity index (χ2v) is 13.9. The zero-order chi connectivity index (χ0) is 36.0. The molecule has 0 bridgehead atoms. The number of nitrogens with zero attached hydrogens (tertiary/aromatic N) is 3. The predicted octanol–water partition coefficient (Wildman–Crippen LogP) is 13.4. The van der Waals surface area contributed by atoms with Gasteiger partial charge in [0.05, 0.1) is 16.8 Å². The van der Waals surface area contributed by atoms with Crippen molar-refractivity contribution < 1.29 is 13.3 Å². The van der Waals surface area contributed by atoms with E-state index in [2.05, 4.69) is 84.9 Å². The topological polar surface area (TPSA) is 78.1 Å². The molecule has 0 unspecified atom stereocenters. The summed E-state index contributed by atoms with van der Waals surface area (Å²) >= 11 is 0. The van der Waals surface area contributed by atoms with Crippen LogP contribution in [-0.4, -0.2) is 15.0 Å². The van der Waals surface area contributed by atoms with Gasteiger partial charge >= 0.3 is 0 Å². The van der Waals surface area contributed by atoms with Crippen molar-refractivity contribution in [1.29, 1.82) is 0 Å². The van der Waals surface area contributed by atoms with Gasteiger partial charge in [-0.05, 0) is 76.1 Å². The quantitative estimate of drug-likeness (QED) is 0.181. The highest BCUT2D eigenvalue weighted by atomic mass is 16.4. The standard InChI is InChI=1S/C49H27N3O3/c1-2-12-29(13-3-1)49-52-37-24-26-43-46(47(37)55-49)45-33-18-9-19-34(31(33)23-25-42(45)54-43)48-50-38(32-17-8-14-28-11-4-5-15-30(28)32)27-39(51-48)35-20-10-22-41-44(35)36-16-6-7-21-40(36)53-41/h1-27H. The Morgan fingerprint density at radius 2 is 1.00 bits per heavy atom. The van der Waals surface area contributed by atoms with Crippen molar-refractivity contribution in [3.05, 3.63) is 164 Å². The van der Waals surface area contributed by atoms with E-state index >= 15 is 0 Å². The van der Waals surface area contributed by atoms with Gasteiger partial charge in [0.2, 0.25) is 5.89 Å². The van der Waals surface area contributed by atoms with E-state index in [0.717, 1.165) is 105 Å². The molecule has 12 rings (SSSR count). The Morgan fingerprint density at radius 1 is 0.364 bits per heavy atom. The first-order valence-electron chi connectivity index (χ1n) is 18.3. The van der Waals surface area contributed by atoms with Gasteiger partial charge in [0.15, 0.2) is 11.4 Å². The third kappa shape index (κ3) is 4.52. The summed E-state index contributed by atoms with van der Waals surface area (Å²) in [5, 5.41) is 8.25. The van der Waals surface area contributed by atoms with Gasteiger partial charge < -0.3 is 13.3 Å². The minimum atomic E-state index is 0.574. The zero-order valence-corrected chi connectivity index (χ0v) is 29.2. The molecule has 6 heteroatoms. The summed E-state index contributed by atoms with van der Waals surface area (Å²) in [6.45, 7) is 0. The summed E-state index contributed by atoms with van der Waals surface area (Å²) in [6, 6.07) is 55.7.